The van der Waals surface area contributed by atoms with Crippen molar-refractivity contribution in [2.75, 3.05) is 6.61 Å². The molecule has 4 nitrogen and oxygen atoms in total. The molecule has 0 aliphatic heterocycles. The van der Waals surface area contributed by atoms with Crippen molar-refractivity contribution < 1.29 is 20.4 Å². The minimum Gasteiger partial charge on any atom is -0.396 e. The van der Waals surface area contributed by atoms with Gasteiger partial charge in [0, 0.05) is 12.5 Å². The van der Waals surface area contributed by atoms with Crippen LogP contribution in [0.2, 0.25) is 0 Å². The highest BCUT2D eigenvalue weighted by molar-refractivity contribution is 4.90. The molecule has 0 aromatic heterocycles. The Balaban J connectivity index is 2.53. The molecule has 0 radical (unpaired) electrons. The Morgan fingerprint density at radius 3 is 1.90 bits per heavy atom. The molecular formula is C6H12O4. The molecule has 0 unspecified atom stereocenters. The molecule has 0 amide bonds. The Morgan fingerprint density at radius 2 is 1.70 bits per heavy atom. The van der Waals surface area contributed by atoms with Crippen molar-refractivity contribution in [1.82, 2.24) is 0 Å². The van der Waals surface area contributed by atoms with Crippen molar-refractivity contribution in [3.8, 4) is 0 Å². The van der Waals surface area contributed by atoms with Crippen molar-refractivity contribution in [3.05, 3.63) is 0 Å². The van der Waals surface area contributed by atoms with Crippen molar-refractivity contribution in [1.29, 1.82) is 0 Å². The molecule has 0 aromatic rings. The molecule has 0 spiro atoms. The van der Waals surface area contributed by atoms with Gasteiger partial charge in [-0.3, -0.25) is 0 Å². The van der Waals surface area contributed by atoms with E-state index in [0.717, 1.165) is 0 Å². The van der Waals surface area contributed by atoms with Crippen molar-refractivity contribution in [2.24, 2.45) is 5.92 Å². The van der Waals surface area contributed by atoms with Gasteiger partial charge in [-0.2, -0.15) is 0 Å². The lowest BCUT2D eigenvalue weighted by Crippen LogP contribution is -2.31. The average molecular weight is 148 g/mol. The van der Waals surface area contributed by atoms with E-state index in [-0.39, 0.29) is 18.9 Å². The largest absolute Gasteiger partial charge is 0.396 e. The molecule has 0 saturated heterocycles. The summed E-state index contributed by atoms with van der Waals surface area (Å²) in [5, 5.41) is 35.6. The first-order chi connectivity index (χ1) is 4.66. The van der Waals surface area contributed by atoms with Gasteiger partial charge in [-0.15, -0.1) is 0 Å². The van der Waals surface area contributed by atoms with Gasteiger partial charge in [0.05, 0.1) is 12.2 Å². The number of hydrogen-bond acceptors (Lipinski definition) is 4. The van der Waals surface area contributed by atoms with Gasteiger partial charge in [-0.25, -0.2) is 0 Å². The van der Waals surface area contributed by atoms with Crippen LogP contribution >= 0.6 is 0 Å². The van der Waals surface area contributed by atoms with Crippen LogP contribution in [0.25, 0.3) is 0 Å². The molecule has 0 bridgehead atoms. The molecule has 4 heteroatoms. The predicted molar refractivity (Wildman–Crippen MR) is 33.2 cm³/mol. The van der Waals surface area contributed by atoms with E-state index in [1.165, 1.54) is 0 Å². The van der Waals surface area contributed by atoms with E-state index < -0.39 is 18.3 Å². The van der Waals surface area contributed by atoms with E-state index in [1.807, 2.05) is 0 Å². The number of rotatable bonds is 1. The van der Waals surface area contributed by atoms with E-state index in [2.05, 4.69) is 0 Å². The predicted octanol–water partition coefficient (Wildman–Crippen LogP) is -1.92. The lowest BCUT2D eigenvalue weighted by Gasteiger charge is -2.12. The molecule has 0 heterocycles. The molecule has 60 valence electrons. The second-order valence-corrected chi connectivity index (χ2v) is 2.73. The van der Waals surface area contributed by atoms with Gasteiger partial charge >= 0.3 is 0 Å². The molecule has 4 N–H and O–H groups in total. The molecule has 1 aliphatic rings. The van der Waals surface area contributed by atoms with Crippen molar-refractivity contribution >= 4 is 0 Å². The van der Waals surface area contributed by atoms with E-state index in [1.54, 1.807) is 0 Å². The third kappa shape index (κ3) is 1.15. The molecule has 4 atom stereocenters. The second kappa shape index (κ2) is 2.84. The van der Waals surface area contributed by atoms with Crippen LogP contribution in [-0.2, 0) is 0 Å². The van der Waals surface area contributed by atoms with Gasteiger partial charge in [0.1, 0.15) is 6.10 Å². The third-order valence-electron chi connectivity index (χ3n) is 2.01. The highest BCUT2D eigenvalue weighted by atomic mass is 16.4. The van der Waals surface area contributed by atoms with Crippen molar-refractivity contribution in [3.63, 3.8) is 0 Å². The van der Waals surface area contributed by atoms with Crippen LogP contribution < -0.4 is 0 Å². The second-order valence-electron chi connectivity index (χ2n) is 2.73. The van der Waals surface area contributed by atoms with Crippen LogP contribution in [0.4, 0.5) is 0 Å². The molecule has 1 saturated carbocycles. The van der Waals surface area contributed by atoms with Gasteiger partial charge in [-0.1, -0.05) is 0 Å². The Bertz CT molecular complexity index is 116. The molecule has 10 heavy (non-hydrogen) atoms. The van der Waals surface area contributed by atoms with Crippen LogP contribution in [0.3, 0.4) is 0 Å². The zero-order valence-electron chi connectivity index (χ0n) is 5.51. The van der Waals surface area contributed by atoms with Crippen LogP contribution in [0.5, 0.6) is 0 Å². The smallest absolute Gasteiger partial charge is 0.106 e. The highest BCUT2D eigenvalue weighted by Crippen LogP contribution is 2.25. The van der Waals surface area contributed by atoms with Gasteiger partial charge in [0.15, 0.2) is 0 Å². The van der Waals surface area contributed by atoms with Gasteiger partial charge in [-0.05, 0) is 6.42 Å². The molecule has 0 aromatic carbocycles. The summed E-state index contributed by atoms with van der Waals surface area (Å²) in [5.74, 6) is -0.370. The number of aliphatic hydroxyl groups excluding tert-OH is 4. The number of hydrogen-bond donors (Lipinski definition) is 4. The minimum absolute atomic E-state index is 0.185. The average Bonchev–Trinajstić information content (AvgIpc) is 2.17. The first-order valence-corrected chi connectivity index (χ1v) is 3.32. The Hall–Kier alpha value is -0.160. The fraction of sp³-hybridized carbons (Fsp3) is 1.00. The van der Waals surface area contributed by atoms with Gasteiger partial charge in [0.25, 0.3) is 0 Å². The first kappa shape index (κ1) is 7.94. The van der Waals surface area contributed by atoms with E-state index in [0.29, 0.717) is 0 Å². The summed E-state index contributed by atoms with van der Waals surface area (Å²) in [5.41, 5.74) is 0. The monoisotopic (exact) mass is 148 g/mol. The minimum atomic E-state index is -1.09. The summed E-state index contributed by atoms with van der Waals surface area (Å²) < 4.78 is 0. The van der Waals surface area contributed by atoms with E-state index in [9.17, 15) is 0 Å². The quantitative estimate of drug-likeness (QED) is 0.349. The Labute approximate surface area is 58.7 Å². The SMILES string of the molecule is OC[C@H]1C[C@@H](O)[C@H](O)[C@@H]1O. The lowest BCUT2D eigenvalue weighted by atomic mass is 10.1. The van der Waals surface area contributed by atoms with E-state index in [4.69, 9.17) is 20.4 Å². The maximum Gasteiger partial charge on any atom is 0.106 e. The summed E-state index contributed by atoms with van der Waals surface area (Å²) in [7, 11) is 0. The summed E-state index contributed by atoms with van der Waals surface area (Å²) >= 11 is 0. The van der Waals surface area contributed by atoms with Gasteiger partial charge < -0.3 is 20.4 Å². The summed E-state index contributed by atoms with van der Waals surface area (Å²) in [6.45, 7) is -0.185. The topological polar surface area (TPSA) is 80.9 Å². The zero-order valence-corrected chi connectivity index (χ0v) is 5.51. The Morgan fingerprint density at radius 1 is 1.10 bits per heavy atom. The van der Waals surface area contributed by atoms with Crippen LogP contribution in [0.15, 0.2) is 0 Å². The Kier molecular flexibility index (Phi) is 2.25. The third-order valence-corrected chi connectivity index (χ3v) is 2.01. The fourth-order valence-corrected chi connectivity index (χ4v) is 1.28. The lowest BCUT2D eigenvalue weighted by molar-refractivity contribution is -0.0302. The zero-order chi connectivity index (χ0) is 7.72. The number of aliphatic hydroxyl groups is 4. The molecule has 1 aliphatic carbocycles. The van der Waals surface area contributed by atoms with Crippen LogP contribution in [0.1, 0.15) is 6.42 Å². The first-order valence-electron chi connectivity index (χ1n) is 3.32. The summed E-state index contributed by atoms with van der Waals surface area (Å²) in [6, 6.07) is 0. The van der Waals surface area contributed by atoms with Crippen LogP contribution in [-0.4, -0.2) is 45.3 Å². The standard InChI is InChI=1S/C6H12O4/c7-2-3-1-4(8)6(10)5(3)9/h3-10H,1-2H2/t3-,4-,5-,6+/m1/s1. The maximum atomic E-state index is 9.06. The van der Waals surface area contributed by atoms with E-state index >= 15 is 0 Å². The maximum absolute atomic E-state index is 9.06. The fourth-order valence-electron chi connectivity index (χ4n) is 1.28. The highest BCUT2D eigenvalue weighted by Gasteiger charge is 2.39. The van der Waals surface area contributed by atoms with Crippen LogP contribution in [0, 0.1) is 5.92 Å². The van der Waals surface area contributed by atoms with Gasteiger partial charge in [0.2, 0.25) is 0 Å². The summed E-state index contributed by atoms with van der Waals surface area (Å²) in [6.07, 6.45) is -2.66. The molecular weight excluding hydrogens is 136 g/mol. The molecule has 1 fully saturated rings. The summed E-state index contributed by atoms with van der Waals surface area (Å²) in [4.78, 5) is 0. The normalized spacial score (nSPS) is 48.0. The van der Waals surface area contributed by atoms with Crippen molar-refractivity contribution in [2.45, 2.75) is 24.7 Å². The molecule has 1 rings (SSSR count).